The summed E-state index contributed by atoms with van der Waals surface area (Å²) >= 11 is 0. The van der Waals surface area contributed by atoms with Crippen LogP contribution >= 0.6 is 0 Å². The zero-order valence-electron chi connectivity index (χ0n) is 9.30. The van der Waals surface area contributed by atoms with Gasteiger partial charge in [-0.05, 0) is 36.8 Å². The standard InChI is InChI=1S/C13H12O4/c1-8(13(15)16)4-9-5-10-6-11(14)2-3-12(10)17-7-9/h2-4,6-7,14H,5H2,1H3,(H,15,16)/b8-4+. The molecule has 0 aliphatic carbocycles. The summed E-state index contributed by atoms with van der Waals surface area (Å²) in [6, 6.07) is 4.86. The number of fused-ring (bicyclic) bond motifs is 1. The van der Waals surface area contributed by atoms with Crippen molar-refractivity contribution in [2.75, 3.05) is 0 Å². The second-order valence-electron chi connectivity index (χ2n) is 3.91. The number of phenols is 1. The maximum absolute atomic E-state index is 10.7. The first-order chi connectivity index (χ1) is 8.06. The smallest absolute Gasteiger partial charge is 0.331 e. The van der Waals surface area contributed by atoms with Crippen molar-refractivity contribution >= 4 is 5.97 Å². The van der Waals surface area contributed by atoms with Crippen LogP contribution in [-0.4, -0.2) is 16.2 Å². The molecule has 0 amide bonds. The van der Waals surface area contributed by atoms with Crippen LogP contribution in [0.25, 0.3) is 0 Å². The Morgan fingerprint density at radius 3 is 2.94 bits per heavy atom. The molecule has 0 saturated heterocycles. The lowest BCUT2D eigenvalue weighted by Crippen LogP contribution is -2.03. The maximum Gasteiger partial charge on any atom is 0.331 e. The van der Waals surface area contributed by atoms with E-state index in [-0.39, 0.29) is 11.3 Å². The number of aliphatic carboxylic acids is 1. The van der Waals surface area contributed by atoms with Gasteiger partial charge in [0.2, 0.25) is 0 Å². The van der Waals surface area contributed by atoms with Crippen molar-refractivity contribution in [2.24, 2.45) is 0 Å². The van der Waals surface area contributed by atoms with Crippen molar-refractivity contribution in [3.05, 3.63) is 47.2 Å². The summed E-state index contributed by atoms with van der Waals surface area (Å²) in [7, 11) is 0. The zero-order chi connectivity index (χ0) is 12.4. The first-order valence-corrected chi connectivity index (χ1v) is 5.15. The van der Waals surface area contributed by atoms with Crippen LogP contribution in [-0.2, 0) is 11.2 Å². The average Bonchev–Trinajstić information content (AvgIpc) is 2.28. The van der Waals surface area contributed by atoms with Gasteiger partial charge in [0.05, 0.1) is 6.26 Å². The fourth-order valence-electron chi connectivity index (χ4n) is 1.64. The summed E-state index contributed by atoms with van der Waals surface area (Å²) in [5.74, 6) is -0.0897. The Morgan fingerprint density at radius 2 is 2.24 bits per heavy atom. The molecular formula is C13H12O4. The maximum atomic E-state index is 10.7. The third-order valence-electron chi connectivity index (χ3n) is 2.52. The molecule has 2 rings (SSSR count). The molecule has 17 heavy (non-hydrogen) atoms. The quantitative estimate of drug-likeness (QED) is 0.767. The normalized spacial score (nSPS) is 14.6. The van der Waals surface area contributed by atoms with Crippen LogP contribution in [0.4, 0.5) is 0 Å². The van der Waals surface area contributed by atoms with Gasteiger partial charge >= 0.3 is 5.97 Å². The van der Waals surface area contributed by atoms with E-state index in [0.717, 1.165) is 11.1 Å². The first kappa shape index (κ1) is 11.3. The molecule has 0 bridgehead atoms. The Labute approximate surface area is 98.5 Å². The number of hydrogen-bond acceptors (Lipinski definition) is 3. The Bertz CT molecular complexity index is 526. The molecule has 4 heteroatoms. The molecule has 0 saturated carbocycles. The predicted octanol–water partition coefficient (Wildman–Crippen LogP) is 2.24. The molecule has 0 unspecified atom stereocenters. The molecular weight excluding hydrogens is 220 g/mol. The van der Waals surface area contributed by atoms with E-state index in [1.54, 1.807) is 24.3 Å². The van der Waals surface area contributed by atoms with Crippen LogP contribution in [0, 0.1) is 0 Å². The highest BCUT2D eigenvalue weighted by atomic mass is 16.5. The summed E-state index contributed by atoms with van der Waals surface area (Å²) < 4.78 is 5.36. The number of carbonyl (C=O) groups is 1. The molecule has 1 aliphatic heterocycles. The van der Waals surface area contributed by atoms with E-state index < -0.39 is 5.97 Å². The van der Waals surface area contributed by atoms with Crippen LogP contribution in [0.2, 0.25) is 0 Å². The number of carboxylic acids is 1. The Hall–Kier alpha value is -2.23. The molecule has 88 valence electrons. The second-order valence-corrected chi connectivity index (χ2v) is 3.91. The minimum absolute atomic E-state index is 0.174. The van der Waals surface area contributed by atoms with Crippen LogP contribution < -0.4 is 4.74 Å². The predicted molar refractivity (Wildman–Crippen MR) is 61.9 cm³/mol. The first-order valence-electron chi connectivity index (χ1n) is 5.15. The number of carboxylic acid groups (broad SMARTS) is 1. The van der Waals surface area contributed by atoms with Crippen LogP contribution in [0.5, 0.6) is 11.5 Å². The molecule has 1 aromatic carbocycles. The fourth-order valence-corrected chi connectivity index (χ4v) is 1.64. The van der Waals surface area contributed by atoms with Crippen LogP contribution in [0.1, 0.15) is 12.5 Å². The van der Waals surface area contributed by atoms with E-state index in [1.165, 1.54) is 13.2 Å². The Kier molecular flexibility index (Phi) is 2.87. The SMILES string of the molecule is C/C(=C\C1=COc2ccc(O)cc2C1)C(=O)O. The third kappa shape index (κ3) is 2.47. The largest absolute Gasteiger partial charge is 0.508 e. The van der Waals surface area contributed by atoms with Gasteiger partial charge < -0.3 is 14.9 Å². The van der Waals surface area contributed by atoms with Gasteiger partial charge in [0.25, 0.3) is 0 Å². The molecule has 4 nitrogen and oxygen atoms in total. The summed E-state index contributed by atoms with van der Waals surface area (Å²) in [5.41, 5.74) is 1.86. The van der Waals surface area contributed by atoms with Gasteiger partial charge in [-0.25, -0.2) is 4.79 Å². The topological polar surface area (TPSA) is 66.8 Å². The minimum atomic E-state index is -0.951. The monoisotopic (exact) mass is 232 g/mol. The molecule has 0 aromatic heterocycles. The average molecular weight is 232 g/mol. The van der Waals surface area contributed by atoms with Crippen molar-refractivity contribution in [3.8, 4) is 11.5 Å². The lowest BCUT2D eigenvalue weighted by atomic mass is 10.0. The number of ether oxygens (including phenoxy) is 1. The van der Waals surface area contributed by atoms with Crippen LogP contribution in [0.3, 0.4) is 0 Å². The van der Waals surface area contributed by atoms with Gasteiger partial charge in [-0.1, -0.05) is 0 Å². The van der Waals surface area contributed by atoms with Crippen molar-refractivity contribution in [2.45, 2.75) is 13.3 Å². The second kappa shape index (κ2) is 4.33. The number of rotatable bonds is 2. The number of allylic oxidation sites excluding steroid dienone is 2. The van der Waals surface area contributed by atoms with E-state index in [2.05, 4.69) is 0 Å². The number of benzene rings is 1. The van der Waals surface area contributed by atoms with Crippen molar-refractivity contribution < 1.29 is 19.7 Å². The van der Waals surface area contributed by atoms with Gasteiger partial charge in [0.15, 0.2) is 0 Å². The van der Waals surface area contributed by atoms with Gasteiger partial charge in [-0.3, -0.25) is 0 Å². The van der Waals surface area contributed by atoms with Gasteiger partial charge in [-0.15, -0.1) is 0 Å². The molecule has 1 aliphatic rings. The van der Waals surface area contributed by atoms with E-state index in [1.807, 2.05) is 0 Å². The summed E-state index contributed by atoms with van der Waals surface area (Å²) in [6.45, 7) is 1.53. The minimum Gasteiger partial charge on any atom is -0.508 e. The Balaban J connectivity index is 2.25. The molecule has 2 N–H and O–H groups in total. The Morgan fingerprint density at radius 1 is 1.47 bits per heavy atom. The van der Waals surface area contributed by atoms with Gasteiger partial charge in [-0.2, -0.15) is 0 Å². The number of aromatic hydroxyl groups is 1. The molecule has 1 aromatic rings. The lowest BCUT2D eigenvalue weighted by Gasteiger charge is -2.15. The van der Waals surface area contributed by atoms with Gasteiger partial charge in [0, 0.05) is 17.6 Å². The highest BCUT2D eigenvalue weighted by Crippen LogP contribution is 2.30. The van der Waals surface area contributed by atoms with Crippen molar-refractivity contribution in [1.82, 2.24) is 0 Å². The molecule has 1 heterocycles. The molecule has 0 spiro atoms. The fraction of sp³-hybridized carbons (Fsp3) is 0.154. The van der Waals surface area contributed by atoms with E-state index in [4.69, 9.17) is 9.84 Å². The number of hydrogen-bond donors (Lipinski definition) is 2. The molecule has 0 radical (unpaired) electrons. The highest BCUT2D eigenvalue weighted by Gasteiger charge is 2.13. The van der Waals surface area contributed by atoms with E-state index >= 15 is 0 Å². The third-order valence-corrected chi connectivity index (χ3v) is 2.52. The highest BCUT2D eigenvalue weighted by molar-refractivity contribution is 5.86. The summed E-state index contributed by atoms with van der Waals surface area (Å²) in [5, 5.41) is 18.1. The zero-order valence-corrected chi connectivity index (χ0v) is 9.30. The van der Waals surface area contributed by atoms with E-state index in [0.29, 0.717) is 12.2 Å². The van der Waals surface area contributed by atoms with Crippen molar-refractivity contribution in [3.63, 3.8) is 0 Å². The van der Waals surface area contributed by atoms with E-state index in [9.17, 15) is 9.90 Å². The van der Waals surface area contributed by atoms with Crippen LogP contribution in [0.15, 0.2) is 41.7 Å². The van der Waals surface area contributed by atoms with Gasteiger partial charge in [0.1, 0.15) is 11.5 Å². The molecule has 0 atom stereocenters. The molecule has 0 fully saturated rings. The number of phenolic OH excluding ortho intramolecular Hbond substituents is 1. The summed E-state index contributed by atoms with van der Waals surface area (Å²) in [6.07, 6.45) is 3.65. The lowest BCUT2D eigenvalue weighted by molar-refractivity contribution is -0.132. The summed E-state index contributed by atoms with van der Waals surface area (Å²) in [4.78, 5) is 10.7. The van der Waals surface area contributed by atoms with Crippen molar-refractivity contribution in [1.29, 1.82) is 0 Å².